The highest BCUT2D eigenvalue weighted by Crippen LogP contribution is 2.29. The van der Waals surface area contributed by atoms with Crippen molar-refractivity contribution in [2.45, 2.75) is 6.42 Å². The summed E-state index contributed by atoms with van der Waals surface area (Å²) in [7, 11) is 3.44. The maximum atomic E-state index is 12.7. The van der Waals surface area contributed by atoms with Gasteiger partial charge < -0.3 is 30.6 Å². The minimum absolute atomic E-state index is 0.0593. The van der Waals surface area contributed by atoms with Crippen molar-refractivity contribution in [1.29, 1.82) is 0 Å². The van der Waals surface area contributed by atoms with Crippen LogP contribution < -0.4 is 21.1 Å². The van der Waals surface area contributed by atoms with Crippen molar-refractivity contribution >= 4 is 40.0 Å². The van der Waals surface area contributed by atoms with E-state index in [9.17, 15) is 9.59 Å². The summed E-state index contributed by atoms with van der Waals surface area (Å²) in [6, 6.07) is 11.0. The van der Waals surface area contributed by atoms with E-state index in [1.807, 2.05) is 42.1 Å². The Bertz CT molecular complexity index is 1210. The van der Waals surface area contributed by atoms with Crippen molar-refractivity contribution in [3.8, 4) is 5.75 Å². The summed E-state index contributed by atoms with van der Waals surface area (Å²) in [5.74, 6) is 0.442. The number of anilines is 1. The van der Waals surface area contributed by atoms with Gasteiger partial charge in [0.05, 0.1) is 28.9 Å². The number of halogens is 1. The first kappa shape index (κ1) is 23.9. The molecule has 1 aromatic heterocycles. The number of likely N-dealkylation sites (tertiary alicyclic amines) is 1. The molecule has 3 aromatic rings. The fourth-order valence-corrected chi connectivity index (χ4v) is 4.64. The van der Waals surface area contributed by atoms with Gasteiger partial charge in [0, 0.05) is 56.4 Å². The van der Waals surface area contributed by atoms with Crippen LogP contribution in [0.1, 0.15) is 27.1 Å². The summed E-state index contributed by atoms with van der Waals surface area (Å²) >= 11 is 6.07. The fraction of sp³-hybridized carbons (Fsp3) is 0.360. The third kappa shape index (κ3) is 5.13. The number of rotatable bonds is 8. The van der Waals surface area contributed by atoms with Gasteiger partial charge >= 0.3 is 0 Å². The maximum absolute atomic E-state index is 12.7. The number of carbonyl (C=O) groups is 2. The predicted molar refractivity (Wildman–Crippen MR) is 135 cm³/mol. The van der Waals surface area contributed by atoms with Crippen molar-refractivity contribution in [3.05, 3.63) is 58.7 Å². The Labute approximate surface area is 204 Å². The van der Waals surface area contributed by atoms with Crippen LogP contribution in [0.3, 0.4) is 0 Å². The topological polar surface area (TPSA) is 102 Å². The molecule has 0 radical (unpaired) electrons. The molecule has 1 fully saturated rings. The molecule has 34 heavy (non-hydrogen) atoms. The average Bonchev–Trinajstić information content (AvgIpc) is 3.43. The van der Waals surface area contributed by atoms with Gasteiger partial charge in [0.25, 0.3) is 11.8 Å². The van der Waals surface area contributed by atoms with Crippen LogP contribution in [0.4, 0.5) is 5.69 Å². The van der Waals surface area contributed by atoms with E-state index in [1.54, 1.807) is 6.07 Å². The molecule has 8 nitrogen and oxygen atoms in total. The third-order valence-corrected chi connectivity index (χ3v) is 6.67. The largest absolute Gasteiger partial charge is 0.496 e. The Hall–Kier alpha value is -3.23. The van der Waals surface area contributed by atoms with Crippen LogP contribution in [0.5, 0.6) is 5.75 Å². The molecule has 0 spiro atoms. The van der Waals surface area contributed by atoms with Gasteiger partial charge in [-0.2, -0.15) is 0 Å². The molecule has 0 aliphatic carbocycles. The fourth-order valence-electron chi connectivity index (χ4n) is 4.48. The lowest BCUT2D eigenvalue weighted by atomic mass is 10.1. The number of nitrogens with two attached hydrogens (primary N) is 1. The minimum atomic E-state index is -0.237. The molecule has 2 heterocycles. The number of methoxy groups -OCH3 is 1. The van der Waals surface area contributed by atoms with E-state index in [1.165, 1.54) is 13.2 Å². The summed E-state index contributed by atoms with van der Waals surface area (Å²) in [4.78, 5) is 27.7. The monoisotopic (exact) mass is 483 g/mol. The number of hydrogen-bond donors (Lipinski definition) is 3. The molecule has 180 valence electrons. The average molecular weight is 484 g/mol. The van der Waals surface area contributed by atoms with Crippen LogP contribution in [0, 0.1) is 5.92 Å². The van der Waals surface area contributed by atoms with Gasteiger partial charge in [0.1, 0.15) is 5.75 Å². The second-order valence-electron chi connectivity index (χ2n) is 8.67. The molecular formula is C25H30ClN5O3. The highest BCUT2D eigenvalue weighted by Gasteiger charge is 2.24. The number of carbonyl (C=O) groups excluding carboxylic acids is 2. The number of nitrogen functional groups attached to an aromatic ring is 1. The summed E-state index contributed by atoms with van der Waals surface area (Å²) in [6.45, 7) is 3.69. The Balaban J connectivity index is 1.23. The molecule has 0 saturated carbocycles. The van der Waals surface area contributed by atoms with Crippen molar-refractivity contribution < 1.29 is 14.3 Å². The number of benzene rings is 2. The Morgan fingerprint density at radius 3 is 2.74 bits per heavy atom. The number of nitrogens with one attached hydrogen (secondary N) is 2. The molecule has 1 unspecified atom stereocenters. The van der Waals surface area contributed by atoms with Crippen LogP contribution >= 0.6 is 11.6 Å². The molecule has 1 aliphatic heterocycles. The minimum Gasteiger partial charge on any atom is -0.496 e. The molecule has 2 amide bonds. The van der Waals surface area contributed by atoms with Crippen molar-refractivity contribution in [3.63, 3.8) is 0 Å². The first-order valence-electron chi connectivity index (χ1n) is 11.3. The number of aryl methyl sites for hydroxylation is 1. The number of hydrogen-bond acceptors (Lipinski definition) is 5. The number of fused-ring (bicyclic) bond motifs is 1. The SMILES string of the molecule is COc1cc(N)c(Cl)cc1C(=O)NCC1CCN(CCNC(=O)c2cn(C)c3ccccc23)C1. The second kappa shape index (κ2) is 10.4. The van der Waals surface area contributed by atoms with E-state index in [0.717, 1.165) is 37.0 Å². The van der Waals surface area contributed by atoms with E-state index in [-0.39, 0.29) is 11.8 Å². The highest BCUT2D eigenvalue weighted by molar-refractivity contribution is 6.33. The normalized spacial score (nSPS) is 16.0. The van der Waals surface area contributed by atoms with E-state index in [4.69, 9.17) is 22.1 Å². The quantitative estimate of drug-likeness (QED) is 0.428. The maximum Gasteiger partial charge on any atom is 0.255 e. The Kier molecular flexibility index (Phi) is 7.29. The zero-order chi connectivity index (χ0) is 24.2. The van der Waals surface area contributed by atoms with Crippen LogP contribution in [-0.2, 0) is 7.05 Å². The Morgan fingerprint density at radius 2 is 1.94 bits per heavy atom. The van der Waals surface area contributed by atoms with E-state index in [2.05, 4.69) is 15.5 Å². The number of amides is 2. The third-order valence-electron chi connectivity index (χ3n) is 6.34. The van der Waals surface area contributed by atoms with Gasteiger partial charge in [-0.1, -0.05) is 29.8 Å². The van der Waals surface area contributed by atoms with Gasteiger partial charge in [-0.25, -0.2) is 0 Å². The van der Waals surface area contributed by atoms with Crippen molar-refractivity contribution in [1.82, 2.24) is 20.1 Å². The summed E-state index contributed by atoms with van der Waals surface area (Å²) < 4.78 is 7.24. The summed E-state index contributed by atoms with van der Waals surface area (Å²) in [6.07, 6.45) is 2.86. The van der Waals surface area contributed by atoms with Gasteiger partial charge in [0.15, 0.2) is 0 Å². The summed E-state index contributed by atoms with van der Waals surface area (Å²) in [5, 5.41) is 7.30. The lowest BCUT2D eigenvalue weighted by Gasteiger charge is -2.17. The summed E-state index contributed by atoms with van der Waals surface area (Å²) in [5.41, 5.74) is 8.26. The molecule has 1 atom stereocenters. The van der Waals surface area contributed by atoms with E-state index in [0.29, 0.717) is 46.6 Å². The molecule has 0 bridgehead atoms. The molecule has 4 N–H and O–H groups in total. The van der Waals surface area contributed by atoms with Crippen molar-refractivity contribution in [2.75, 3.05) is 45.6 Å². The molecule has 1 saturated heterocycles. The lowest BCUT2D eigenvalue weighted by molar-refractivity contribution is 0.0936. The standard InChI is InChI=1S/C25H30ClN5O3/c1-30-15-19(17-5-3-4-6-22(17)30)25(33)28-8-10-31-9-7-16(14-31)13-29-24(32)18-11-20(26)21(27)12-23(18)34-2/h3-6,11-12,15-16H,7-10,13-14,27H2,1-2H3,(H,28,33)(H,29,32). The predicted octanol–water partition coefficient (Wildman–Crippen LogP) is 2.90. The van der Waals surface area contributed by atoms with Crippen molar-refractivity contribution in [2.24, 2.45) is 13.0 Å². The van der Waals surface area contributed by atoms with Crippen LogP contribution in [-0.4, -0.2) is 61.1 Å². The van der Waals surface area contributed by atoms with Gasteiger partial charge in [0.2, 0.25) is 0 Å². The molecule has 4 rings (SSSR count). The smallest absolute Gasteiger partial charge is 0.255 e. The first-order valence-corrected chi connectivity index (χ1v) is 11.7. The van der Waals surface area contributed by atoms with Crippen LogP contribution in [0.25, 0.3) is 10.9 Å². The molecule has 2 aromatic carbocycles. The second-order valence-corrected chi connectivity index (χ2v) is 9.07. The number of para-hydroxylation sites is 1. The number of aromatic nitrogens is 1. The number of nitrogens with zero attached hydrogens (tertiary/aromatic N) is 2. The number of ether oxygens (including phenoxy) is 1. The van der Waals surface area contributed by atoms with Gasteiger partial charge in [-0.3, -0.25) is 9.59 Å². The molecule has 1 aliphatic rings. The molecule has 9 heteroatoms. The first-order chi connectivity index (χ1) is 16.4. The zero-order valence-corrected chi connectivity index (χ0v) is 20.2. The van der Waals surface area contributed by atoms with Crippen LogP contribution in [0.15, 0.2) is 42.6 Å². The van der Waals surface area contributed by atoms with E-state index < -0.39 is 0 Å². The molecular weight excluding hydrogens is 454 g/mol. The Morgan fingerprint density at radius 1 is 1.18 bits per heavy atom. The van der Waals surface area contributed by atoms with E-state index >= 15 is 0 Å². The van der Waals surface area contributed by atoms with Gasteiger partial charge in [-0.05, 0) is 31.0 Å². The lowest BCUT2D eigenvalue weighted by Crippen LogP contribution is -2.35. The highest BCUT2D eigenvalue weighted by atomic mass is 35.5. The zero-order valence-electron chi connectivity index (χ0n) is 19.4. The van der Waals surface area contributed by atoms with Gasteiger partial charge in [-0.15, -0.1) is 0 Å². The van der Waals surface area contributed by atoms with Crippen LogP contribution in [0.2, 0.25) is 5.02 Å².